The van der Waals surface area contributed by atoms with E-state index in [4.69, 9.17) is 11.6 Å². The zero-order chi connectivity index (χ0) is 18.4. The first-order valence-electron chi connectivity index (χ1n) is 8.55. The van der Waals surface area contributed by atoms with Crippen LogP contribution in [0.3, 0.4) is 0 Å². The highest BCUT2D eigenvalue weighted by Gasteiger charge is 2.24. The van der Waals surface area contributed by atoms with Gasteiger partial charge in [0.25, 0.3) is 5.56 Å². The SMILES string of the molecule is CN(C)c1c(C#N)ncc2sc3c(=O)n(C4CCC(Cl)CC4)cnc3c12. The molecule has 0 atom stereocenters. The molecule has 0 bridgehead atoms. The average Bonchev–Trinajstić information content (AvgIpc) is 3.01. The van der Waals surface area contributed by atoms with Crippen LogP contribution in [0.2, 0.25) is 0 Å². The zero-order valence-electron chi connectivity index (χ0n) is 14.6. The lowest BCUT2D eigenvalue weighted by atomic mass is 9.95. The van der Waals surface area contributed by atoms with Crippen LogP contribution in [-0.4, -0.2) is 34.0 Å². The third kappa shape index (κ3) is 2.65. The highest BCUT2D eigenvalue weighted by atomic mass is 35.5. The van der Waals surface area contributed by atoms with E-state index in [1.165, 1.54) is 11.3 Å². The van der Waals surface area contributed by atoms with Gasteiger partial charge in [-0.25, -0.2) is 9.97 Å². The molecule has 0 spiro atoms. The molecule has 134 valence electrons. The number of rotatable bonds is 2. The Balaban J connectivity index is 1.94. The third-order valence-corrected chi connectivity index (χ3v) is 6.53. The molecule has 1 fully saturated rings. The molecule has 6 nitrogen and oxygen atoms in total. The Kier molecular flexibility index (Phi) is 4.33. The molecule has 1 aliphatic carbocycles. The highest BCUT2D eigenvalue weighted by molar-refractivity contribution is 7.25. The van der Waals surface area contributed by atoms with Crippen molar-refractivity contribution in [2.24, 2.45) is 0 Å². The molecule has 0 saturated heterocycles. The van der Waals surface area contributed by atoms with E-state index >= 15 is 0 Å². The van der Waals surface area contributed by atoms with Gasteiger partial charge in [0, 0.05) is 37.1 Å². The molecule has 0 radical (unpaired) electrons. The number of halogens is 1. The van der Waals surface area contributed by atoms with Gasteiger partial charge in [-0.15, -0.1) is 22.9 Å². The lowest BCUT2D eigenvalue weighted by molar-refractivity contribution is 0.349. The van der Waals surface area contributed by atoms with Crippen LogP contribution >= 0.6 is 22.9 Å². The van der Waals surface area contributed by atoms with Crippen LogP contribution in [0, 0.1) is 11.3 Å². The van der Waals surface area contributed by atoms with Gasteiger partial charge in [0.15, 0.2) is 5.69 Å². The van der Waals surface area contributed by atoms with Gasteiger partial charge in [0.2, 0.25) is 0 Å². The molecule has 8 heteroatoms. The van der Waals surface area contributed by atoms with Crippen LogP contribution in [-0.2, 0) is 0 Å². The average molecular weight is 388 g/mol. The number of hydrogen-bond acceptors (Lipinski definition) is 6. The Morgan fingerprint density at radius 2 is 2.04 bits per heavy atom. The number of pyridine rings is 1. The first-order valence-corrected chi connectivity index (χ1v) is 9.80. The summed E-state index contributed by atoms with van der Waals surface area (Å²) in [6, 6.07) is 2.29. The normalized spacial score (nSPS) is 20.4. The molecular weight excluding hydrogens is 370 g/mol. The van der Waals surface area contributed by atoms with Gasteiger partial charge < -0.3 is 4.90 Å². The summed E-state index contributed by atoms with van der Waals surface area (Å²) < 4.78 is 3.25. The highest BCUT2D eigenvalue weighted by Crippen LogP contribution is 2.38. The summed E-state index contributed by atoms with van der Waals surface area (Å²) in [5, 5.41) is 10.4. The van der Waals surface area contributed by atoms with E-state index in [2.05, 4.69) is 16.0 Å². The lowest BCUT2D eigenvalue weighted by Crippen LogP contribution is -2.28. The second-order valence-electron chi connectivity index (χ2n) is 6.84. The maximum atomic E-state index is 13.1. The van der Waals surface area contributed by atoms with E-state index < -0.39 is 0 Å². The Morgan fingerprint density at radius 3 is 2.69 bits per heavy atom. The molecule has 0 amide bonds. The molecule has 3 aromatic heterocycles. The molecular formula is C18H18ClN5OS. The second-order valence-corrected chi connectivity index (χ2v) is 8.51. The number of fused-ring (bicyclic) bond motifs is 3. The van der Waals surface area contributed by atoms with Crippen molar-refractivity contribution in [3.05, 3.63) is 28.6 Å². The molecule has 1 saturated carbocycles. The van der Waals surface area contributed by atoms with Crippen molar-refractivity contribution in [1.82, 2.24) is 14.5 Å². The molecule has 1 aliphatic rings. The van der Waals surface area contributed by atoms with Crippen LogP contribution in [0.1, 0.15) is 37.4 Å². The van der Waals surface area contributed by atoms with Crippen molar-refractivity contribution >= 4 is 48.9 Å². The van der Waals surface area contributed by atoms with Crippen molar-refractivity contribution in [1.29, 1.82) is 5.26 Å². The summed E-state index contributed by atoms with van der Waals surface area (Å²) >= 11 is 7.59. The van der Waals surface area contributed by atoms with Gasteiger partial charge in [-0.05, 0) is 25.7 Å². The molecule has 0 aromatic carbocycles. The van der Waals surface area contributed by atoms with Crippen LogP contribution < -0.4 is 10.5 Å². The molecule has 0 N–H and O–H groups in total. The monoisotopic (exact) mass is 387 g/mol. The molecule has 4 rings (SSSR count). The first-order chi connectivity index (χ1) is 12.5. The number of hydrogen-bond donors (Lipinski definition) is 0. The minimum atomic E-state index is -0.0163. The van der Waals surface area contributed by atoms with Gasteiger partial charge in [-0.3, -0.25) is 9.36 Å². The maximum absolute atomic E-state index is 13.1. The smallest absolute Gasteiger partial charge is 0.271 e. The van der Waals surface area contributed by atoms with Gasteiger partial charge in [-0.1, -0.05) is 0 Å². The van der Waals surface area contributed by atoms with E-state index in [0.29, 0.717) is 21.6 Å². The summed E-state index contributed by atoms with van der Waals surface area (Å²) in [4.78, 5) is 23.8. The van der Waals surface area contributed by atoms with Crippen molar-refractivity contribution in [3.63, 3.8) is 0 Å². The Bertz CT molecular complexity index is 1090. The topological polar surface area (TPSA) is 74.8 Å². The van der Waals surface area contributed by atoms with Gasteiger partial charge in [-0.2, -0.15) is 5.26 Å². The maximum Gasteiger partial charge on any atom is 0.271 e. The summed E-state index contributed by atoms with van der Waals surface area (Å²) in [5.41, 5.74) is 1.69. The number of aromatic nitrogens is 3. The number of nitriles is 1. The quantitative estimate of drug-likeness (QED) is 0.627. The van der Waals surface area contributed by atoms with Crippen LogP contribution in [0.15, 0.2) is 17.3 Å². The van der Waals surface area contributed by atoms with E-state index in [-0.39, 0.29) is 17.0 Å². The van der Waals surface area contributed by atoms with Crippen molar-refractivity contribution in [2.75, 3.05) is 19.0 Å². The predicted octanol–water partition coefficient (Wildman–Crippen LogP) is 3.67. The van der Waals surface area contributed by atoms with E-state index in [1.54, 1.807) is 17.1 Å². The number of alkyl halides is 1. The summed E-state index contributed by atoms with van der Waals surface area (Å²) in [7, 11) is 3.74. The summed E-state index contributed by atoms with van der Waals surface area (Å²) in [6.07, 6.45) is 6.95. The third-order valence-electron chi connectivity index (χ3n) is 5.00. The molecule has 3 heterocycles. The Morgan fingerprint density at radius 1 is 1.31 bits per heavy atom. The van der Waals surface area contributed by atoms with Gasteiger partial charge >= 0.3 is 0 Å². The summed E-state index contributed by atoms with van der Waals surface area (Å²) in [5.74, 6) is 0. The number of nitrogens with zero attached hydrogens (tertiary/aromatic N) is 5. The minimum absolute atomic E-state index is 0.0163. The summed E-state index contributed by atoms with van der Waals surface area (Å²) in [6.45, 7) is 0. The fourth-order valence-corrected chi connectivity index (χ4v) is 5.03. The van der Waals surface area contributed by atoms with Crippen molar-refractivity contribution in [2.45, 2.75) is 37.1 Å². The van der Waals surface area contributed by atoms with Gasteiger partial charge in [0.05, 0.1) is 22.2 Å². The minimum Gasteiger partial charge on any atom is -0.375 e. The fourth-order valence-electron chi connectivity index (χ4n) is 3.71. The van der Waals surface area contributed by atoms with E-state index in [1.807, 2.05) is 19.0 Å². The van der Waals surface area contributed by atoms with Crippen molar-refractivity contribution < 1.29 is 0 Å². The van der Waals surface area contributed by atoms with Crippen LogP contribution in [0.5, 0.6) is 0 Å². The zero-order valence-corrected chi connectivity index (χ0v) is 16.1. The van der Waals surface area contributed by atoms with E-state index in [9.17, 15) is 10.1 Å². The fraction of sp³-hybridized carbons (Fsp3) is 0.444. The standard InChI is InChI=1S/C18H18ClN5OS/c1-23(2)16-12(7-20)21-8-13-14(16)15-17(26-13)18(25)24(9-22-15)11-5-3-10(19)4-6-11/h8-11H,3-6H2,1-2H3. The molecule has 0 unspecified atom stereocenters. The van der Waals surface area contributed by atoms with E-state index in [0.717, 1.165) is 35.8 Å². The number of thiophene rings is 1. The van der Waals surface area contributed by atoms with Crippen LogP contribution in [0.4, 0.5) is 5.69 Å². The first kappa shape index (κ1) is 17.3. The Labute approximate surface area is 159 Å². The largest absolute Gasteiger partial charge is 0.375 e. The van der Waals surface area contributed by atoms with Crippen LogP contribution in [0.25, 0.3) is 20.3 Å². The lowest BCUT2D eigenvalue weighted by Gasteiger charge is -2.26. The number of anilines is 1. The van der Waals surface area contributed by atoms with Crippen molar-refractivity contribution in [3.8, 4) is 6.07 Å². The molecule has 26 heavy (non-hydrogen) atoms. The molecule has 3 aromatic rings. The predicted molar refractivity (Wildman–Crippen MR) is 105 cm³/mol. The molecule has 0 aliphatic heterocycles. The Hall–Kier alpha value is -2.17. The second kappa shape index (κ2) is 6.53. The van der Waals surface area contributed by atoms with Gasteiger partial charge in [0.1, 0.15) is 10.8 Å².